The van der Waals surface area contributed by atoms with Crippen LogP contribution >= 0.6 is 0 Å². The lowest BCUT2D eigenvalue weighted by Crippen LogP contribution is -2.25. The van der Waals surface area contributed by atoms with Crippen molar-refractivity contribution in [1.82, 2.24) is 0 Å². The van der Waals surface area contributed by atoms with Crippen LogP contribution in [0.3, 0.4) is 0 Å². The Hall–Kier alpha value is -0.860. The Morgan fingerprint density at radius 2 is 2.00 bits per heavy atom. The van der Waals surface area contributed by atoms with E-state index in [2.05, 4.69) is 0 Å². The van der Waals surface area contributed by atoms with Gasteiger partial charge in [-0.2, -0.15) is 0 Å². The minimum Gasteiger partial charge on any atom is -0.459 e. The first-order valence-electron chi connectivity index (χ1n) is 3.66. The summed E-state index contributed by atoms with van der Waals surface area (Å²) in [7, 11) is 0. The minimum atomic E-state index is -0.472. The van der Waals surface area contributed by atoms with Gasteiger partial charge in [0.2, 0.25) is 0 Å². The summed E-state index contributed by atoms with van der Waals surface area (Å²) in [6, 6.07) is 0. The minimum absolute atomic E-state index is 0.000694. The predicted molar refractivity (Wildman–Crippen MR) is 39.0 cm³/mol. The Balaban J connectivity index is 2.39. The Morgan fingerprint density at radius 1 is 1.55 bits per heavy atom. The second-order valence-electron chi connectivity index (χ2n) is 3.76. The summed E-state index contributed by atoms with van der Waals surface area (Å²) < 4.78 is 4.97. The molecule has 0 aliphatic heterocycles. The van der Waals surface area contributed by atoms with E-state index < -0.39 is 11.5 Å². The zero-order chi connectivity index (χ0) is 8.65. The summed E-state index contributed by atoms with van der Waals surface area (Å²) in [6.45, 7) is 5.37. The van der Waals surface area contributed by atoms with E-state index in [-0.39, 0.29) is 11.8 Å². The third-order valence-corrected chi connectivity index (χ3v) is 1.33. The average Bonchev–Trinajstić information content (AvgIpc) is 2.41. The number of carbonyl (C=O) groups is 2. The average molecular weight is 156 g/mol. The Labute approximate surface area is 65.7 Å². The van der Waals surface area contributed by atoms with Crippen LogP contribution < -0.4 is 0 Å². The lowest BCUT2D eigenvalue weighted by molar-refractivity contribution is -0.156. The zero-order valence-corrected chi connectivity index (χ0v) is 7.01. The smallest absolute Gasteiger partial charge is 0.317 e. The monoisotopic (exact) mass is 156 g/mol. The van der Waals surface area contributed by atoms with Gasteiger partial charge in [-0.3, -0.25) is 9.59 Å². The van der Waals surface area contributed by atoms with Crippen molar-refractivity contribution in [2.45, 2.75) is 32.8 Å². The maximum absolute atomic E-state index is 11.0. The molecule has 1 rings (SSSR count). The molecule has 3 heteroatoms. The predicted octanol–water partition coefficient (Wildman–Crippen LogP) is 0.917. The molecule has 1 saturated carbocycles. The molecule has 0 aromatic carbocycles. The number of hydrogen-bond acceptors (Lipinski definition) is 3. The van der Waals surface area contributed by atoms with E-state index in [4.69, 9.17) is 4.74 Å². The van der Waals surface area contributed by atoms with Crippen LogP contribution in [0.15, 0.2) is 0 Å². The Kier molecular flexibility index (Phi) is 1.74. The highest BCUT2D eigenvalue weighted by molar-refractivity contribution is 6.12. The Morgan fingerprint density at radius 3 is 2.27 bits per heavy atom. The van der Waals surface area contributed by atoms with E-state index in [1.165, 1.54) is 0 Å². The molecule has 1 fully saturated rings. The van der Waals surface area contributed by atoms with Gasteiger partial charge >= 0.3 is 5.97 Å². The van der Waals surface area contributed by atoms with Crippen LogP contribution in [-0.2, 0) is 14.3 Å². The van der Waals surface area contributed by atoms with E-state index in [9.17, 15) is 9.59 Å². The second kappa shape index (κ2) is 2.32. The molecule has 11 heavy (non-hydrogen) atoms. The fourth-order valence-electron chi connectivity index (χ4n) is 0.730. The van der Waals surface area contributed by atoms with Crippen molar-refractivity contribution in [3.63, 3.8) is 0 Å². The highest BCUT2D eigenvalue weighted by atomic mass is 16.6. The van der Waals surface area contributed by atoms with Crippen LogP contribution in [0.25, 0.3) is 0 Å². The van der Waals surface area contributed by atoms with Crippen molar-refractivity contribution in [3.8, 4) is 0 Å². The fourth-order valence-corrected chi connectivity index (χ4v) is 0.730. The van der Waals surface area contributed by atoms with Gasteiger partial charge in [0.1, 0.15) is 17.3 Å². The molecule has 0 spiro atoms. The molecule has 3 nitrogen and oxygen atoms in total. The van der Waals surface area contributed by atoms with Crippen molar-refractivity contribution < 1.29 is 14.3 Å². The van der Waals surface area contributed by atoms with E-state index in [1.807, 2.05) is 0 Å². The van der Waals surface area contributed by atoms with Crippen LogP contribution in [0.5, 0.6) is 0 Å². The number of ketones is 1. The molecule has 0 saturated heterocycles. The first-order chi connectivity index (χ1) is 4.90. The highest BCUT2D eigenvalue weighted by Crippen LogP contribution is 2.27. The normalized spacial score (nSPS) is 23.2. The second-order valence-corrected chi connectivity index (χ2v) is 3.76. The molecule has 0 radical (unpaired) electrons. The number of ether oxygens (including phenoxy) is 1. The quantitative estimate of drug-likeness (QED) is 0.418. The van der Waals surface area contributed by atoms with Crippen molar-refractivity contribution >= 4 is 11.8 Å². The van der Waals surface area contributed by atoms with E-state index >= 15 is 0 Å². The first-order valence-corrected chi connectivity index (χ1v) is 3.66. The van der Waals surface area contributed by atoms with Crippen LogP contribution in [0, 0.1) is 5.92 Å². The molecule has 1 aliphatic rings. The van der Waals surface area contributed by atoms with Crippen LogP contribution in [-0.4, -0.2) is 17.4 Å². The van der Waals surface area contributed by atoms with E-state index in [0.29, 0.717) is 6.42 Å². The largest absolute Gasteiger partial charge is 0.459 e. The lowest BCUT2D eigenvalue weighted by Gasteiger charge is -2.18. The molecule has 0 bridgehead atoms. The molecule has 0 aromatic heterocycles. The third kappa shape index (κ3) is 2.33. The molecule has 1 aliphatic carbocycles. The molecular formula is C8H12O3. The number of Topliss-reactive ketones (excluding diaryl/α,β-unsaturated/α-hetero) is 1. The van der Waals surface area contributed by atoms with Crippen molar-refractivity contribution in [1.29, 1.82) is 0 Å². The highest BCUT2D eigenvalue weighted by Gasteiger charge is 2.44. The fraction of sp³-hybridized carbons (Fsp3) is 0.750. The van der Waals surface area contributed by atoms with Gasteiger partial charge in [0.05, 0.1) is 0 Å². The van der Waals surface area contributed by atoms with Gasteiger partial charge in [-0.25, -0.2) is 0 Å². The number of esters is 1. The van der Waals surface area contributed by atoms with Gasteiger partial charge in [-0.15, -0.1) is 0 Å². The maximum Gasteiger partial charge on any atom is 0.317 e. The van der Waals surface area contributed by atoms with E-state index in [0.717, 1.165) is 0 Å². The Bertz CT molecular complexity index is 200. The zero-order valence-electron chi connectivity index (χ0n) is 7.01. The summed E-state index contributed by atoms with van der Waals surface area (Å²) in [5.74, 6) is -0.823. The molecular weight excluding hydrogens is 144 g/mol. The topological polar surface area (TPSA) is 43.4 Å². The molecule has 1 atom stereocenters. The summed E-state index contributed by atoms with van der Waals surface area (Å²) in [5.41, 5.74) is -0.472. The molecule has 0 heterocycles. The summed E-state index contributed by atoms with van der Waals surface area (Å²) in [4.78, 5) is 21.5. The molecule has 1 unspecified atom stereocenters. The van der Waals surface area contributed by atoms with E-state index in [1.54, 1.807) is 20.8 Å². The number of hydrogen-bond donors (Lipinski definition) is 0. The SMILES string of the molecule is CC(C)(C)OC(=O)C1CC1=O. The van der Waals surface area contributed by atoms with Crippen molar-refractivity contribution in [2.24, 2.45) is 5.92 Å². The molecule has 0 aromatic rings. The standard InChI is InChI=1S/C8H12O3/c1-8(2,3)11-7(10)5-4-6(5)9/h5H,4H2,1-3H3. The molecule has 0 amide bonds. The summed E-state index contributed by atoms with van der Waals surface area (Å²) in [6.07, 6.45) is 0.370. The maximum atomic E-state index is 11.0. The molecule has 0 N–H and O–H groups in total. The van der Waals surface area contributed by atoms with Crippen molar-refractivity contribution in [3.05, 3.63) is 0 Å². The summed E-state index contributed by atoms with van der Waals surface area (Å²) in [5, 5.41) is 0. The summed E-state index contributed by atoms with van der Waals surface area (Å²) >= 11 is 0. The van der Waals surface area contributed by atoms with Crippen LogP contribution in [0.4, 0.5) is 0 Å². The van der Waals surface area contributed by atoms with Gasteiger partial charge in [0.15, 0.2) is 0 Å². The lowest BCUT2D eigenvalue weighted by atomic mass is 10.2. The van der Waals surface area contributed by atoms with Gasteiger partial charge in [0.25, 0.3) is 0 Å². The van der Waals surface area contributed by atoms with Gasteiger partial charge in [-0.05, 0) is 20.8 Å². The number of carbonyl (C=O) groups excluding carboxylic acids is 2. The van der Waals surface area contributed by atoms with Gasteiger partial charge < -0.3 is 4.74 Å². The van der Waals surface area contributed by atoms with Crippen LogP contribution in [0.2, 0.25) is 0 Å². The molecule has 62 valence electrons. The third-order valence-electron chi connectivity index (χ3n) is 1.33. The van der Waals surface area contributed by atoms with Crippen LogP contribution in [0.1, 0.15) is 27.2 Å². The van der Waals surface area contributed by atoms with Crippen molar-refractivity contribution in [2.75, 3.05) is 0 Å². The van der Waals surface area contributed by atoms with Gasteiger partial charge in [-0.1, -0.05) is 0 Å². The first kappa shape index (κ1) is 8.24. The van der Waals surface area contributed by atoms with Gasteiger partial charge in [0, 0.05) is 6.42 Å². The number of rotatable bonds is 1.